The molecule has 16 heavy (non-hydrogen) atoms. The van der Waals surface area contributed by atoms with Crippen LogP contribution in [0.25, 0.3) is 0 Å². The minimum atomic E-state index is -4.94. The van der Waals surface area contributed by atoms with Crippen LogP contribution in [0, 0.1) is 17.5 Å². The molecular weight excluding hydrogens is 301 g/mol. The number of rotatable bonds is 1. The molecule has 0 aliphatic carbocycles. The molecule has 0 atom stereocenters. The number of thioether (sulfide) groups is 1. The Bertz CT molecular complexity index is 401. The SMILES string of the molecule is Fc1c(Cl)c(F)c(SC(F)(F)F)c(F)c1Cl. The van der Waals surface area contributed by atoms with E-state index in [2.05, 4.69) is 0 Å². The first kappa shape index (κ1) is 13.8. The highest BCUT2D eigenvalue weighted by Gasteiger charge is 2.35. The summed E-state index contributed by atoms with van der Waals surface area (Å²) in [4.78, 5) is -1.48. The van der Waals surface area contributed by atoms with E-state index in [0.29, 0.717) is 0 Å². The van der Waals surface area contributed by atoms with E-state index in [1.54, 1.807) is 0 Å². The van der Waals surface area contributed by atoms with Gasteiger partial charge >= 0.3 is 5.51 Å². The monoisotopic (exact) mass is 300 g/mol. The van der Waals surface area contributed by atoms with E-state index in [-0.39, 0.29) is 0 Å². The van der Waals surface area contributed by atoms with E-state index in [1.807, 2.05) is 0 Å². The molecule has 0 nitrogen and oxygen atoms in total. The normalized spacial score (nSPS) is 12.0. The number of hydrogen-bond donors (Lipinski definition) is 0. The number of halogens is 8. The van der Waals surface area contributed by atoms with Crippen molar-refractivity contribution in [1.29, 1.82) is 0 Å². The molecule has 0 saturated carbocycles. The predicted molar refractivity (Wildman–Crippen MR) is 48.2 cm³/mol. The molecule has 0 aromatic heterocycles. The Morgan fingerprint density at radius 2 is 1.19 bits per heavy atom. The van der Waals surface area contributed by atoms with Crippen LogP contribution in [0.4, 0.5) is 26.3 Å². The lowest BCUT2D eigenvalue weighted by Gasteiger charge is -2.10. The first-order chi connectivity index (χ1) is 7.15. The van der Waals surface area contributed by atoms with Crippen molar-refractivity contribution < 1.29 is 26.3 Å². The third-order valence-corrected chi connectivity index (χ3v) is 2.85. The van der Waals surface area contributed by atoms with Crippen LogP contribution in [0.5, 0.6) is 0 Å². The van der Waals surface area contributed by atoms with Crippen molar-refractivity contribution in [2.24, 2.45) is 0 Å². The molecule has 0 heterocycles. The van der Waals surface area contributed by atoms with Crippen LogP contribution in [-0.2, 0) is 0 Å². The van der Waals surface area contributed by atoms with Crippen molar-refractivity contribution in [2.75, 3.05) is 0 Å². The van der Waals surface area contributed by atoms with E-state index < -0.39 is 49.7 Å². The van der Waals surface area contributed by atoms with E-state index in [1.165, 1.54) is 0 Å². The Hall–Kier alpha value is -0.270. The maximum absolute atomic E-state index is 13.0. The summed E-state index contributed by atoms with van der Waals surface area (Å²) in [7, 11) is 0. The second kappa shape index (κ2) is 4.54. The molecule has 0 aliphatic heterocycles. The maximum atomic E-state index is 13.0. The second-order valence-corrected chi connectivity index (χ2v) is 4.28. The van der Waals surface area contributed by atoms with Gasteiger partial charge in [0.05, 0.1) is 4.90 Å². The lowest BCUT2D eigenvalue weighted by molar-refractivity contribution is -0.0330. The van der Waals surface area contributed by atoms with E-state index in [9.17, 15) is 26.3 Å². The molecule has 0 saturated heterocycles. The average Bonchev–Trinajstić information content (AvgIpc) is 2.17. The minimum absolute atomic E-state index is 1.09. The molecule has 0 spiro atoms. The van der Waals surface area contributed by atoms with Gasteiger partial charge in [0.15, 0.2) is 17.5 Å². The molecule has 0 aliphatic rings. The van der Waals surface area contributed by atoms with Gasteiger partial charge in [-0.1, -0.05) is 23.2 Å². The van der Waals surface area contributed by atoms with Gasteiger partial charge in [-0.25, -0.2) is 13.2 Å². The van der Waals surface area contributed by atoms with Crippen molar-refractivity contribution in [3.8, 4) is 0 Å². The van der Waals surface area contributed by atoms with Gasteiger partial charge in [0.1, 0.15) is 10.0 Å². The third-order valence-electron chi connectivity index (χ3n) is 1.39. The van der Waals surface area contributed by atoms with Crippen molar-refractivity contribution in [2.45, 2.75) is 10.4 Å². The van der Waals surface area contributed by atoms with Crippen LogP contribution in [0.15, 0.2) is 4.90 Å². The van der Waals surface area contributed by atoms with E-state index in [4.69, 9.17) is 23.2 Å². The van der Waals surface area contributed by atoms with Gasteiger partial charge in [0.2, 0.25) is 0 Å². The largest absolute Gasteiger partial charge is 0.446 e. The van der Waals surface area contributed by atoms with Gasteiger partial charge in [-0.3, -0.25) is 0 Å². The highest BCUT2D eigenvalue weighted by Crippen LogP contribution is 2.43. The molecule has 1 aromatic rings. The van der Waals surface area contributed by atoms with E-state index in [0.717, 1.165) is 0 Å². The quantitative estimate of drug-likeness (QED) is 0.304. The highest BCUT2D eigenvalue weighted by atomic mass is 35.5. The topological polar surface area (TPSA) is 0 Å². The fourth-order valence-electron chi connectivity index (χ4n) is 0.790. The van der Waals surface area contributed by atoms with Gasteiger partial charge in [0, 0.05) is 0 Å². The van der Waals surface area contributed by atoms with Crippen LogP contribution in [0.1, 0.15) is 0 Å². The first-order valence-corrected chi connectivity index (χ1v) is 4.99. The summed E-state index contributed by atoms with van der Waals surface area (Å²) in [5, 5.41) is -2.56. The summed E-state index contributed by atoms with van der Waals surface area (Å²) in [6, 6.07) is 0. The molecule has 90 valence electrons. The molecule has 9 heteroatoms. The Morgan fingerprint density at radius 3 is 1.50 bits per heavy atom. The molecule has 1 rings (SSSR count). The Morgan fingerprint density at radius 1 is 0.812 bits per heavy atom. The van der Waals surface area contributed by atoms with Crippen molar-refractivity contribution in [3.05, 3.63) is 27.5 Å². The summed E-state index contributed by atoms with van der Waals surface area (Å²) >= 11 is 8.92. The summed E-state index contributed by atoms with van der Waals surface area (Å²) in [5.41, 5.74) is -4.94. The Kier molecular flexibility index (Phi) is 3.91. The second-order valence-electron chi connectivity index (χ2n) is 2.45. The van der Waals surface area contributed by atoms with Gasteiger partial charge in [0.25, 0.3) is 0 Å². The van der Waals surface area contributed by atoms with Crippen molar-refractivity contribution in [1.82, 2.24) is 0 Å². The number of benzene rings is 1. The Labute approximate surface area is 99.5 Å². The molecule has 0 fully saturated rings. The smallest absolute Gasteiger partial charge is 0.204 e. The summed E-state index contributed by atoms with van der Waals surface area (Å²) < 4.78 is 74.7. The lowest BCUT2D eigenvalue weighted by Crippen LogP contribution is -2.04. The van der Waals surface area contributed by atoms with Crippen molar-refractivity contribution in [3.63, 3.8) is 0 Å². The van der Waals surface area contributed by atoms with Crippen LogP contribution in [-0.4, -0.2) is 5.51 Å². The van der Waals surface area contributed by atoms with Crippen LogP contribution >= 0.6 is 35.0 Å². The fourth-order valence-corrected chi connectivity index (χ4v) is 1.94. The van der Waals surface area contributed by atoms with Crippen LogP contribution in [0.3, 0.4) is 0 Å². The summed E-state index contributed by atoms with van der Waals surface area (Å²) in [6.45, 7) is 0. The molecule has 0 N–H and O–H groups in total. The van der Waals surface area contributed by atoms with Crippen LogP contribution < -0.4 is 0 Å². The average molecular weight is 301 g/mol. The predicted octanol–water partition coefficient (Wildman–Crippen LogP) is 5.02. The zero-order valence-electron chi connectivity index (χ0n) is 6.93. The highest BCUT2D eigenvalue weighted by molar-refractivity contribution is 8.00. The lowest BCUT2D eigenvalue weighted by atomic mass is 10.3. The van der Waals surface area contributed by atoms with Gasteiger partial charge in [-0.15, -0.1) is 0 Å². The molecule has 0 bridgehead atoms. The summed E-state index contributed by atoms with van der Waals surface area (Å²) in [6.07, 6.45) is 0. The number of alkyl halides is 3. The maximum Gasteiger partial charge on any atom is 0.446 e. The van der Waals surface area contributed by atoms with Gasteiger partial charge in [-0.2, -0.15) is 13.2 Å². The zero-order chi connectivity index (χ0) is 12.7. The molecule has 0 unspecified atom stereocenters. The minimum Gasteiger partial charge on any atom is -0.204 e. The molecule has 0 radical (unpaired) electrons. The fraction of sp³-hybridized carbons (Fsp3) is 0.143. The first-order valence-electron chi connectivity index (χ1n) is 3.42. The zero-order valence-corrected chi connectivity index (χ0v) is 9.26. The van der Waals surface area contributed by atoms with Gasteiger partial charge < -0.3 is 0 Å². The summed E-state index contributed by atoms with van der Waals surface area (Å²) in [5.74, 6) is -5.29. The Balaban J connectivity index is 3.40. The third kappa shape index (κ3) is 2.70. The van der Waals surface area contributed by atoms with E-state index >= 15 is 0 Å². The van der Waals surface area contributed by atoms with Crippen LogP contribution in [0.2, 0.25) is 10.0 Å². The molecular formula is C7Cl2F6S. The van der Waals surface area contributed by atoms with Gasteiger partial charge in [-0.05, 0) is 11.8 Å². The molecule has 0 amide bonds. The standard InChI is InChI=1S/C7Cl2F6S/c8-1-3(10)2(9)5(12)6(4(1)11)16-7(13,14)15. The molecule has 1 aromatic carbocycles. The number of hydrogen-bond acceptors (Lipinski definition) is 1. The van der Waals surface area contributed by atoms with Crippen molar-refractivity contribution >= 4 is 35.0 Å².